The van der Waals surface area contributed by atoms with Crippen molar-refractivity contribution in [2.45, 2.75) is 32.2 Å². The molecule has 3 heteroatoms. The second kappa shape index (κ2) is 4.75. The first kappa shape index (κ1) is 9.90. The zero-order valence-electron chi connectivity index (χ0n) is 7.88. The van der Waals surface area contributed by atoms with E-state index in [4.69, 9.17) is 0 Å². The van der Waals surface area contributed by atoms with Crippen molar-refractivity contribution in [3.8, 4) is 0 Å². The summed E-state index contributed by atoms with van der Waals surface area (Å²) in [6.45, 7) is 2.05. The van der Waals surface area contributed by atoms with E-state index in [1.165, 1.54) is 12.2 Å². The Kier molecular flexibility index (Phi) is 3.92. The fourth-order valence-electron chi connectivity index (χ4n) is 1.42. The van der Waals surface area contributed by atoms with Crippen LogP contribution in [0, 0.1) is 0 Å². The van der Waals surface area contributed by atoms with E-state index in [1.54, 1.807) is 0 Å². The van der Waals surface area contributed by atoms with Crippen LogP contribution in [0.3, 0.4) is 0 Å². The van der Waals surface area contributed by atoms with Crippen LogP contribution < -0.4 is 0 Å². The third-order valence-corrected chi connectivity index (χ3v) is 3.46. The molecule has 0 saturated carbocycles. The molecule has 0 aromatic carbocycles. The van der Waals surface area contributed by atoms with Gasteiger partial charge < -0.3 is 4.90 Å². The smallest absolute Gasteiger partial charge is 0.222 e. The maximum absolute atomic E-state index is 11.4. The molecule has 1 unspecified atom stereocenters. The van der Waals surface area contributed by atoms with E-state index in [2.05, 4.69) is 6.92 Å². The zero-order valence-corrected chi connectivity index (χ0v) is 8.69. The summed E-state index contributed by atoms with van der Waals surface area (Å²) in [6, 6.07) is 0.508. The van der Waals surface area contributed by atoms with Gasteiger partial charge in [0.25, 0.3) is 0 Å². The van der Waals surface area contributed by atoms with Crippen LogP contribution in [0.1, 0.15) is 26.2 Å². The molecule has 1 amide bonds. The molecule has 1 aliphatic heterocycles. The Morgan fingerprint density at radius 2 is 2.42 bits per heavy atom. The molecule has 0 bridgehead atoms. The van der Waals surface area contributed by atoms with E-state index in [0.717, 1.165) is 12.2 Å². The van der Waals surface area contributed by atoms with Crippen LogP contribution in [-0.2, 0) is 4.79 Å². The molecule has 1 aliphatic rings. The Bertz CT molecular complexity index is 155. The topological polar surface area (TPSA) is 20.3 Å². The number of amides is 1. The highest BCUT2D eigenvalue weighted by Crippen LogP contribution is 2.21. The molecule has 1 fully saturated rings. The van der Waals surface area contributed by atoms with Gasteiger partial charge in [0.05, 0.1) is 0 Å². The van der Waals surface area contributed by atoms with Gasteiger partial charge >= 0.3 is 0 Å². The van der Waals surface area contributed by atoms with Crippen molar-refractivity contribution in [2.75, 3.05) is 18.6 Å². The molecule has 0 aliphatic carbocycles. The largest absolute Gasteiger partial charge is 0.342 e. The highest BCUT2D eigenvalue weighted by Gasteiger charge is 2.22. The summed E-state index contributed by atoms with van der Waals surface area (Å²) < 4.78 is 0. The average molecular weight is 187 g/mol. The Morgan fingerprint density at radius 1 is 1.67 bits per heavy atom. The number of hydrogen-bond donors (Lipinski definition) is 0. The van der Waals surface area contributed by atoms with Crippen molar-refractivity contribution in [1.29, 1.82) is 0 Å². The van der Waals surface area contributed by atoms with Gasteiger partial charge in [0.2, 0.25) is 5.91 Å². The molecule has 70 valence electrons. The van der Waals surface area contributed by atoms with Crippen molar-refractivity contribution < 1.29 is 4.79 Å². The second-order valence-electron chi connectivity index (χ2n) is 3.27. The van der Waals surface area contributed by atoms with Gasteiger partial charge in [-0.3, -0.25) is 4.79 Å². The van der Waals surface area contributed by atoms with Crippen LogP contribution in [0.2, 0.25) is 0 Å². The van der Waals surface area contributed by atoms with Gasteiger partial charge in [-0.1, -0.05) is 6.92 Å². The lowest BCUT2D eigenvalue weighted by Crippen LogP contribution is -2.36. The Morgan fingerprint density at radius 3 is 2.92 bits per heavy atom. The van der Waals surface area contributed by atoms with Crippen molar-refractivity contribution in [3.05, 3.63) is 0 Å². The normalized spacial score (nSPS) is 22.7. The van der Waals surface area contributed by atoms with Crippen molar-refractivity contribution in [2.24, 2.45) is 0 Å². The van der Waals surface area contributed by atoms with E-state index in [1.807, 2.05) is 23.7 Å². The minimum atomic E-state index is 0.310. The number of nitrogens with zero attached hydrogens (tertiary/aromatic N) is 1. The third-order valence-electron chi connectivity index (χ3n) is 2.31. The maximum Gasteiger partial charge on any atom is 0.222 e. The summed E-state index contributed by atoms with van der Waals surface area (Å²) in [6.07, 6.45) is 2.84. The van der Waals surface area contributed by atoms with E-state index < -0.39 is 0 Å². The van der Waals surface area contributed by atoms with Gasteiger partial charge in [-0.2, -0.15) is 11.8 Å². The SMILES string of the molecule is CCCC(=O)N(C)C1CCSC1. The van der Waals surface area contributed by atoms with E-state index in [-0.39, 0.29) is 0 Å². The van der Waals surface area contributed by atoms with Crippen LogP contribution in [0.15, 0.2) is 0 Å². The molecule has 0 radical (unpaired) electrons. The third kappa shape index (κ3) is 2.41. The molecule has 0 aromatic rings. The summed E-state index contributed by atoms with van der Waals surface area (Å²) in [4.78, 5) is 13.4. The summed E-state index contributed by atoms with van der Waals surface area (Å²) in [7, 11) is 1.94. The molecule has 0 N–H and O–H groups in total. The van der Waals surface area contributed by atoms with Gasteiger partial charge in [0.1, 0.15) is 0 Å². The van der Waals surface area contributed by atoms with Gasteiger partial charge in [0.15, 0.2) is 0 Å². The van der Waals surface area contributed by atoms with Crippen molar-refractivity contribution in [3.63, 3.8) is 0 Å². The standard InChI is InChI=1S/C9H17NOS/c1-3-4-9(11)10(2)8-5-6-12-7-8/h8H,3-7H2,1-2H3. The number of carbonyl (C=O) groups excluding carboxylic acids is 1. The molecule has 1 saturated heterocycles. The first-order chi connectivity index (χ1) is 5.75. The lowest BCUT2D eigenvalue weighted by atomic mass is 10.2. The molecule has 1 heterocycles. The number of thioether (sulfide) groups is 1. The fraction of sp³-hybridized carbons (Fsp3) is 0.889. The minimum Gasteiger partial charge on any atom is -0.342 e. The predicted octanol–water partition coefficient (Wildman–Crippen LogP) is 1.75. The molecular weight excluding hydrogens is 170 g/mol. The van der Waals surface area contributed by atoms with E-state index in [9.17, 15) is 4.79 Å². The average Bonchev–Trinajstić information content (AvgIpc) is 2.55. The van der Waals surface area contributed by atoms with Crippen LogP contribution in [0.25, 0.3) is 0 Å². The van der Waals surface area contributed by atoms with Gasteiger partial charge in [0, 0.05) is 25.3 Å². The molecule has 0 aromatic heterocycles. The van der Waals surface area contributed by atoms with Crippen molar-refractivity contribution in [1.82, 2.24) is 4.90 Å². The molecule has 1 atom stereocenters. The first-order valence-corrected chi connectivity index (χ1v) is 5.74. The van der Waals surface area contributed by atoms with E-state index >= 15 is 0 Å². The molecular formula is C9H17NOS. The molecule has 0 spiro atoms. The van der Waals surface area contributed by atoms with Crippen LogP contribution in [-0.4, -0.2) is 35.4 Å². The first-order valence-electron chi connectivity index (χ1n) is 4.59. The number of carbonyl (C=O) groups is 1. The minimum absolute atomic E-state index is 0.310. The van der Waals surface area contributed by atoms with Crippen molar-refractivity contribution >= 4 is 17.7 Å². The monoisotopic (exact) mass is 187 g/mol. The lowest BCUT2D eigenvalue weighted by molar-refractivity contribution is -0.131. The lowest BCUT2D eigenvalue weighted by Gasteiger charge is -2.23. The highest BCUT2D eigenvalue weighted by atomic mass is 32.2. The molecule has 2 nitrogen and oxygen atoms in total. The fourth-order valence-corrected chi connectivity index (χ4v) is 2.69. The van der Waals surface area contributed by atoms with Gasteiger partial charge in [-0.25, -0.2) is 0 Å². The van der Waals surface area contributed by atoms with Crippen LogP contribution in [0.4, 0.5) is 0 Å². The van der Waals surface area contributed by atoms with Crippen LogP contribution in [0.5, 0.6) is 0 Å². The second-order valence-corrected chi connectivity index (χ2v) is 4.42. The Labute approximate surface area is 78.7 Å². The van der Waals surface area contributed by atoms with Crippen LogP contribution >= 0.6 is 11.8 Å². The summed E-state index contributed by atoms with van der Waals surface area (Å²) in [5.41, 5.74) is 0. The Balaban J connectivity index is 2.34. The predicted molar refractivity (Wildman–Crippen MR) is 53.4 cm³/mol. The number of rotatable bonds is 3. The quantitative estimate of drug-likeness (QED) is 0.671. The molecule has 1 rings (SSSR count). The maximum atomic E-state index is 11.4. The Hall–Kier alpha value is -0.180. The summed E-state index contributed by atoms with van der Waals surface area (Å²) >= 11 is 1.95. The summed E-state index contributed by atoms with van der Waals surface area (Å²) in [5, 5.41) is 0. The van der Waals surface area contributed by atoms with E-state index in [0.29, 0.717) is 18.4 Å². The summed E-state index contributed by atoms with van der Waals surface area (Å²) in [5.74, 6) is 2.66. The van der Waals surface area contributed by atoms with Gasteiger partial charge in [-0.15, -0.1) is 0 Å². The zero-order chi connectivity index (χ0) is 8.97. The number of hydrogen-bond acceptors (Lipinski definition) is 2. The van der Waals surface area contributed by atoms with Gasteiger partial charge in [-0.05, 0) is 18.6 Å². The molecule has 12 heavy (non-hydrogen) atoms. The highest BCUT2D eigenvalue weighted by molar-refractivity contribution is 7.99.